The van der Waals surface area contributed by atoms with Crippen LogP contribution < -0.4 is 10.9 Å². The topological polar surface area (TPSA) is 124 Å². The minimum absolute atomic E-state index is 0.0318. The maximum Gasteiger partial charge on any atom is 0.341 e. The van der Waals surface area contributed by atoms with E-state index in [0.717, 1.165) is 22.0 Å². The van der Waals surface area contributed by atoms with Crippen LogP contribution in [0, 0.1) is 5.82 Å². The number of esters is 1. The molecule has 0 saturated heterocycles. The van der Waals surface area contributed by atoms with Gasteiger partial charge in [-0.2, -0.15) is 0 Å². The van der Waals surface area contributed by atoms with Crippen LogP contribution in [0.1, 0.15) is 27.7 Å². The zero-order chi connectivity index (χ0) is 23.0. The van der Waals surface area contributed by atoms with Crippen molar-refractivity contribution < 1.29 is 27.1 Å². The Hall–Kier alpha value is -3.12. The van der Waals surface area contributed by atoms with Crippen molar-refractivity contribution in [3.05, 3.63) is 56.7 Å². The first kappa shape index (κ1) is 22.1. The molecular formula is C20H18FN3O6S2. The Balaban J connectivity index is 1.64. The van der Waals surface area contributed by atoms with Gasteiger partial charge in [-0.15, -0.1) is 11.3 Å². The quantitative estimate of drug-likeness (QED) is 0.554. The standard InChI is InChI=1S/C20H18FN3O6S2/c1-2-30-20(27)17-12-5-6-32(28,29)9-15(12)31-18(17)23-16(25)8-24-10-22-14-4-3-11(21)7-13(14)19(24)26/h3-4,7,10H,2,5-6,8-9H2,1H3,(H,23,25). The fraction of sp³-hybridized carbons (Fsp3) is 0.300. The molecule has 1 amide bonds. The monoisotopic (exact) mass is 479 g/mol. The number of aromatic nitrogens is 2. The van der Waals surface area contributed by atoms with E-state index in [1.807, 2.05) is 0 Å². The molecule has 12 heteroatoms. The molecule has 2 aromatic heterocycles. The maximum absolute atomic E-state index is 13.5. The zero-order valence-electron chi connectivity index (χ0n) is 16.9. The van der Waals surface area contributed by atoms with Crippen molar-refractivity contribution in [2.75, 3.05) is 17.7 Å². The number of rotatable bonds is 5. The molecule has 9 nitrogen and oxygen atoms in total. The number of amides is 1. The SMILES string of the molecule is CCOC(=O)c1c(NC(=O)Cn2cnc3ccc(F)cc3c2=O)sc2c1CCS(=O)(=O)C2. The number of anilines is 1. The second-order valence-corrected chi connectivity index (χ2v) is 10.4. The van der Waals surface area contributed by atoms with Crippen LogP contribution in [0.5, 0.6) is 0 Å². The van der Waals surface area contributed by atoms with Gasteiger partial charge in [0.2, 0.25) is 5.91 Å². The van der Waals surface area contributed by atoms with Gasteiger partial charge in [-0.05, 0) is 37.1 Å². The summed E-state index contributed by atoms with van der Waals surface area (Å²) >= 11 is 1.00. The Morgan fingerprint density at radius 2 is 2.12 bits per heavy atom. The van der Waals surface area contributed by atoms with E-state index in [9.17, 15) is 27.2 Å². The summed E-state index contributed by atoms with van der Waals surface area (Å²) < 4.78 is 43.6. The second kappa shape index (κ2) is 8.43. The summed E-state index contributed by atoms with van der Waals surface area (Å²) in [5.74, 6) is -2.19. The predicted octanol–water partition coefficient (Wildman–Crippen LogP) is 1.88. The molecular weight excluding hydrogens is 461 g/mol. The van der Waals surface area contributed by atoms with E-state index in [1.54, 1.807) is 6.92 Å². The lowest BCUT2D eigenvalue weighted by atomic mass is 10.1. The molecule has 0 aliphatic carbocycles. The van der Waals surface area contributed by atoms with Gasteiger partial charge in [0.05, 0.1) is 40.9 Å². The second-order valence-electron chi connectivity index (χ2n) is 7.16. The van der Waals surface area contributed by atoms with Crippen molar-refractivity contribution in [2.24, 2.45) is 0 Å². The molecule has 0 fully saturated rings. The average molecular weight is 480 g/mol. The van der Waals surface area contributed by atoms with E-state index in [4.69, 9.17) is 4.74 Å². The van der Waals surface area contributed by atoms with Crippen molar-refractivity contribution in [1.82, 2.24) is 9.55 Å². The fourth-order valence-corrected chi connectivity index (χ4v) is 6.55. The molecule has 3 heterocycles. The van der Waals surface area contributed by atoms with E-state index in [-0.39, 0.29) is 40.5 Å². The van der Waals surface area contributed by atoms with Crippen LogP contribution in [0.15, 0.2) is 29.3 Å². The number of sulfone groups is 1. The van der Waals surface area contributed by atoms with Crippen molar-refractivity contribution >= 4 is 49.0 Å². The van der Waals surface area contributed by atoms with Gasteiger partial charge in [-0.1, -0.05) is 0 Å². The van der Waals surface area contributed by atoms with Crippen LogP contribution in [0.25, 0.3) is 10.9 Å². The molecule has 4 rings (SSSR count). The third-order valence-corrected chi connectivity index (χ3v) is 7.82. The highest BCUT2D eigenvalue weighted by Gasteiger charge is 2.32. The number of carbonyl (C=O) groups is 2. The van der Waals surface area contributed by atoms with Crippen LogP contribution in [0.2, 0.25) is 0 Å². The Morgan fingerprint density at radius 1 is 1.34 bits per heavy atom. The number of hydrogen-bond donors (Lipinski definition) is 1. The first-order valence-corrected chi connectivity index (χ1v) is 12.3. The van der Waals surface area contributed by atoms with Crippen LogP contribution in [-0.2, 0) is 38.1 Å². The fourth-order valence-electron chi connectivity index (χ4n) is 3.49. The molecule has 0 saturated carbocycles. The van der Waals surface area contributed by atoms with Crippen LogP contribution in [0.3, 0.4) is 0 Å². The Bertz CT molecular complexity index is 1410. The molecule has 3 aromatic rings. The van der Waals surface area contributed by atoms with Crippen molar-refractivity contribution in [2.45, 2.75) is 25.6 Å². The van der Waals surface area contributed by atoms with Gasteiger partial charge in [0.1, 0.15) is 17.4 Å². The lowest BCUT2D eigenvalue weighted by Gasteiger charge is -2.13. The molecule has 0 bridgehead atoms. The minimum Gasteiger partial charge on any atom is -0.462 e. The molecule has 0 radical (unpaired) electrons. The first-order valence-electron chi connectivity index (χ1n) is 9.65. The van der Waals surface area contributed by atoms with E-state index in [0.29, 0.717) is 16.0 Å². The van der Waals surface area contributed by atoms with Gasteiger partial charge in [0, 0.05) is 4.88 Å². The van der Waals surface area contributed by atoms with E-state index < -0.39 is 39.6 Å². The highest BCUT2D eigenvalue weighted by molar-refractivity contribution is 7.90. The smallest absolute Gasteiger partial charge is 0.341 e. The average Bonchev–Trinajstić information content (AvgIpc) is 3.06. The van der Waals surface area contributed by atoms with Gasteiger partial charge in [0.25, 0.3) is 5.56 Å². The molecule has 0 unspecified atom stereocenters. The highest BCUT2D eigenvalue weighted by Crippen LogP contribution is 2.38. The van der Waals surface area contributed by atoms with Crippen LogP contribution >= 0.6 is 11.3 Å². The normalized spacial score (nSPS) is 14.7. The van der Waals surface area contributed by atoms with Gasteiger partial charge >= 0.3 is 5.97 Å². The summed E-state index contributed by atoms with van der Waals surface area (Å²) in [5.41, 5.74) is 0.399. The molecule has 32 heavy (non-hydrogen) atoms. The van der Waals surface area contributed by atoms with Gasteiger partial charge in [0.15, 0.2) is 9.84 Å². The highest BCUT2D eigenvalue weighted by atomic mass is 32.2. The maximum atomic E-state index is 13.5. The summed E-state index contributed by atoms with van der Waals surface area (Å²) in [6.45, 7) is 1.33. The number of carbonyl (C=O) groups excluding carboxylic acids is 2. The summed E-state index contributed by atoms with van der Waals surface area (Å²) in [7, 11) is -3.28. The third kappa shape index (κ3) is 4.28. The predicted molar refractivity (Wildman–Crippen MR) is 116 cm³/mol. The third-order valence-electron chi connectivity index (χ3n) is 4.94. The lowest BCUT2D eigenvalue weighted by Crippen LogP contribution is -2.28. The number of nitrogens with one attached hydrogen (secondary N) is 1. The molecule has 168 valence electrons. The van der Waals surface area contributed by atoms with Crippen molar-refractivity contribution in [3.8, 4) is 0 Å². The van der Waals surface area contributed by atoms with Crippen molar-refractivity contribution in [1.29, 1.82) is 0 Å². The zero-order valence-corrected chi connectivity index (χ0v) is 18.5. The lowest BCUT2D eigenvalue weighted by molar-refractivity contribution is -0.116. The van der Waals surface area contributed by atoms with Gasteiger partial charge < -0.3 is 10.1 Å². The van der Waals surface area contributed by atoms with Gasteiger partial charge in [-0.3, -0.25) is 14.2 Å². The summed E-state index contributed by atoms with van der Waals surface area (Å²) in [4.78, 5) is 42.3. The molecule has 0 atom stereocenters. The van der Waals surface area contributed by atoms with E-state index in [2.05, 4.69) is 10.3 Å². The number of thiophene rings is 1. The van der Waals surface area contributed by atoms with Crippen LogP contribution in [-0.4, -0.2) is 42.2 Å². The Kier molecular flexibility index (Phi) is 5.82. The summed E-state index contributed by atoms with van der Waals surface area (Å²) in [5, 5.41) is 2.79. The van der Waals surface area contributed by atoms with Crippen molar-refractivity contribution in [3.63, 3.8) is 0 Å². The molecule has 1 aromatic carbocycles. The number of benzene rings is 1. The number of nitrogens with zero attached hydrogens (tertiary/aromatic N) is 2. The molecule has 1 aliphatic heterocycles. The summed E-state index contributed by atoms with van der Waals surface area (Å²) in [6.07, 6.45) is 1.33. The van der Waals surface area contributed by atoms with Crippen LogP contribution in [0.4, 0.5) is 9.39 Å². The Labute approximate surface area is 185 Å². The number of halogens is 1. The molecule has 1 aliphatic rings. The number of hydrogen-bond acceptors (Lipinski definition) is 8. The number of fused-ring (bicyclic) bond motifs is 2. The minimum atomic E-state index is -3.28. The summed E-state index contributed by atoms with van der Waals surface area (Å²) in [6, 6.07) is 3.60. The van der Waals surface area contributed by atoms with E-state index in [1.165, 1.54) is 18.5 Å². The molecule has 0 spiro atoms. The van der Waals surface area contributed by atoms with E-state index >= 15 is 0 Å². The first-order chi connectivity index (χ1) is 15.2. The molecule has 1 N–H and O–H groups in total. The Morgan fingerprint density at radius 3 is 2.88 bits per heavy atom. The van der Waals surface area contributed by atoms with Gasteiger partial charge in [-0.25, -0.2) is 22.6 Å². The largest absolute Gasteiger partial charge is 0.462 e. The number of ether oxygens (including phenoxy) is 1.